The van der Waals surface area contributed by atoms with Crippen LogP contribution in [0.2, 0.25) is 0 Å². The van der Waals surface area contributed by atoms with E-state index in [9.17, 15) is 13.5 Å². The van der Waals surface area contributed by atoms with Crippen LogP contribution in [0.4, 0.5) is 0 Å². The normalized spacial score (nSPS) is 18.6. The molecular formula is C16H15N3O4S. The van der Waals surface area contributed by atoms with Crippen LogP contribution in [0.15, 0.2) is 52.0 Å². The second kappa shape index (κ2) is 5.66. The summed E-state index contributed by atoms with van der Waals surface area (Å²) in [5.74, 6) is 0. The Kier molecular flexibility index (Phi) is 3.60. The van der Waals surface area contributed by atoms with Crippen LogP contribution in [0.1, 0.15) is 17.2 Å². The van der Waals surface area contributed by atoms with Gasteiger partial charge in [-0.3, -0.25) is 0 Å². The highest BCUT2D eigenvalue weighted by Crippen LogP contribution is 2.35. The molecule has 0 radical (unpaired) electrons. The maximum Gasteiger partial charge on any atom is 0.246 e. The van der Waals surface area contributed by atoms with E-state index in [4.69, 9.17) is 0 Å². The minimum atomic E-state index is -3.85. The fraction of sp³-hybridized carbons (Fsp3) is 0.250. The summed E-state index contributed by atoms with van der Waals surface area (Å²) in [6.45, 7) is 0.00945. The van der Waals surface area contributed by atoms with Crippen LogP contribution in [-0.4, -0.2) is 41.3 Å². The van der Waals surface area contributed by atoms with Crippen LogP contribution < -0.4 is 0 Å². The number of fused-ring (bicyclic) bond motifs is 2. The van der Waals surface area contributed by atoms with Crippen LogP contribution in [0.3, 0.4) is 0 Å². The van der Waals surface area contributed by atoms with Gasteiger partial charge in [0.15, 0.2) is 5.52 Å². The molecule has 24 heavy (non-hydrogen) atoms. The molecule has 1 N–H and O–H groups in total. The first-order valence-corrected chi connectivity index (χ1v) is 8.98. The summed E-state index contributed by atoms with van der Waals surface area (Å²) in [6.07, 6.45) is 0.596. The van der Waals surface area contributed by atoms with Gasteiger partial charge in [-0.25, -0.2) is 13.0 Å². The Morgan fingerprint density at radius 2 is 2.00 bits per heavy atom. The van der Waals surface area contributed by atoms with Crippen molar-refractivity contribution in [2.75, 3.05) is 13.2 Å². The Morgan fingerprint density at radius 3 is 2.83 bits per heavy atom. The molecule has 2 aromatic carbocycles. The van der Waals surface area contributed by atoms with Gasteiger partial charge in [0.05, 0.1) is 12.6 Å². The molecule has 4 rings (SSSR count). The van der Waals surface area contributed by atoms with E-state index in [0.29, 0.717) is 18.5 Å². The van der Waals surface area contributed by atoms with Gasteiger partial charge in [-0.15, -0.1) is 0 Å². The Morgan fingerprint density at radius 1 is 1.17 bits per heavy atom. The second-order valence-corrected chi connectivity index (χ2v) is 7.51. The van der Waals surface area contributed by atoms with Crippen LogP contribution in [0.25, 0.3) is 11.0 Å². The van der Waals surface area contributed by atoms with E-state index in [-0.39, 0.29) is 17.0 Å². The fourth-order valence-electron chi connectivity index (χ4n) is 3.22. The van der Waals surface area contributed by atoms with E-state index in [2.05, 4.69) is 14.9 Å². The molecule has 2 heterocycles. The molecule has 0 saturated carbocycles. The predicted molar refractivity (Wildman–Crippen MR) is 85.7 cm³/mol. The SMILES string of the molecule is O=S(=O)(c1cccc2nonc12)N1CCc2ccccc2[C@@H]1CO. The third kappa shape index (κ3) is 2.22. The number of hydrogen-bond acceptors (Lipinski definition) is 6. The number of rotatable bonds is 3. The molecule has 0 amide bonds. The zero-order valence-electron chi connectivity index (χ0n) is 12.7. The van der Waals surface area contributed by atoms with E-state index in [1.54, 1.807) is 12.1 Å². The van der Waals surface area contributed by atoms with Crippen molar-refractivity contribution in [1.82, 2.24) is 14.6 Å². The van der Waals surface area contributed by atoms with Crippen molar-refractivity contribution in [3.8, 4) is 0 Å². The van der Waals surface area contributed by atoms with Crippen molar-refractivity contribution in [1.29, 1.82) is 0 Å². The number of aliphatic hydroxyl groups excluding tert-OH is 1. The maximum atomic E-state index is 13.2. The van der Waals surface area contributed by atoms with E-state index < -0.39 is 16.1 Å². The summed E-state index contributed by atoms with van der Waals surface area (Å²) in [4.78, 5) is 0.0408. The Labute approximate surface area is 138 Å². The molecule has 8 heteroatoms. The van der Waals surface area contributed by atoms with Gasteiger partial charge in [-0.2, -0.15) is 4.31 Å². The average Bonchev–Trinajstić information content (AvgIpc) is 3.09. The number of aliphatic hydroxyl groups is 1. The fourth-order valence-corrected chi connectivity index (χ4v) is 4.96. The van der Waals surface area contributed by atoms with Gasteiger partial charge < -0.3 is 5.11 Å². The first kappa shape index (κ1) is 15.3. The summed E-state index contributed by atoms with van der Waals surface area (Å²) >= 11 is 0. The van der Waals surface area contributed by atoms with Crippen molar-refractivity contribution < 1.29 is 18.2 Å². The van der Waals surface area contributed by atoms with Gasteiger partial charge in [0.25, 0.3) is 0 Å². The smallest absolute Gasteiger partial charge is 0.246 e. The predicted octanol–water partition coefficient (Wildman–Crippen LogP) is 1.50. The lowest BCUT2D eigenvalue weighted by Gasteiger charge is -2.35. The number of benzene rings is 2. The first-order valence-electron chi connectivity index (χ1n) is 7.54. The molecule has 1 aromatic heterocycles. The zero-order valence-corrected chi connectivity index (χ0v) is 13.5. The van der Waals surface area contributed by atoms with Crippen LogP contribution in [0, 0.1) is 0 Å². The molecule has 1 aliphatic heterocycles. The molecule has 0 fully saturated rings. The molecule has 0 spiro atoms. The van der Waals surface area contributed by atoms with E-state index in [0.717, 1.165) is 11.1 Å². The van der Waals surface area contributed by atoms with Gasteiger partial charge in [0, 0.05) is 6.54 Å². The Hall–Kier alpha value is -2.29. The topological polar surface area (TPSA) is 96.5 Å². The Balaban J connectivity index is 1.84. The zero-order chi connectivity index (χ0) is 16.7. The van der Waals surface area contributed by atoms with Gasteiger partial charge in [-0.05, 0) is 40.0 Å². The summed E-state index contributed by atoms with van der Waals surface area (Å²) in [5.41, 5.74) is 2.48. The maximum absolute atomic E-state index is 13.2. The lowest BCUT2D eigenvalue weighted by atomic mass is 9.95. The molecule has 7 nitrogen and oxygen atoms in total. The molecule has 1 aliphatic rings. The average molecular weight is 345 g/mol. The minimum absolute atomic E-state index is 0.0408. The van der Waals surface area contributed by atoms with Gasteiger partial charge in [0.2, 0.25) is 10.0 Å². The lowest BCUT2D eigenvalue weighted by Crippen LogP contribution is -2.41. The highest BCUT2D eigenvalue weighted by atomic mass is 32.2. The van der Waals surface area contributed by atoms with E-state index in [1.165, 1.54) is 10.4 Å². The number of aromatic nitrogens is 2. The highest BCUT2D eigenvalue weighted by Gasteiger charge is 2.37. The monoisotopic (exact) mass is 345 g/mol. The minimum Gasteiger partial charge on any atom is -0.394 e. The first-order chi connectivity index (χ1) is 11.6. The highest BCUT2D eigenvalue weighted by molar-refractivity contribution is 7.89. The largest absolute Gasteiger partial charge is 0.394 e. The van der Waals surface area contributed by atoms with Gasteiger partial charge >= 0.3 is 0 Å². The van der Waals surface area contributed by atoms with E-state index >= 15 is 0 Å². The van der Waals surface area contributed by atoms with Crippen LogP contribution in [0.5, 0.6) is 0 Å². The molecule has 0 bridgehead atoms. The van der Waals surface area contributed by atoms with Crippen molar-refractivity contribution in [2.24, 2.45) is 0 Å². The van der Waals surface area contributed by atoms with Gasteiger partial charge in [-0.1, -0.05) is 30.3 Å². The lowest BCUT2D eigenvalue weighted by molar-refractivity contribution is 0.180. The van der Waals surface area contributed by atoms with Crippen molar-refractivity contribution >= 4 is 21.1 Å². The Bertz CT molecular complexity index is 999. The molecular weight excluding hydrogens is 330 g/mol. The van der Waals surface area contributed by atoms with Crippen molar-refractivity contribution in [3.63, 3.8) is 0 Å². The van der Waals surface area contributed by atoms with Crippen LogP contribution >= 0.6 is 0 Å². The summed E-state index contributed by atoms with van der Waals surface area (Å²) in [6, 6.07) is 11.7. The second-order valence-electron chi connectivity index (χ2n) is 5.65. The molecule has 0 saturated heterocycles. The molecule has 124 valence electrons. The third-order valence-electron chi connectivity index (χ3n) is 4.37. The molecule has 0 unspecified atom stereocenters. The van der Waals surface area contributed by atoms with Crippen molar-refractivity contribution in [3.05, 3.63) is 53.6 Å². The summed E-state index contributed by atoms with van der Waals surface area (Å²) in [7, 11) is -3.85. The summed E-state index contributed by atoms with van der Waals surface area (Å²) in [5, 5.41) is 17.3. The number of nitrogens with zero attached hydrogens (tertiary/aromatic N) is 3. The van der Waals surface area contributed by atoms with E-state index in [1.807, 2.05) is 24.3 Å². The van der Waals surface area contributed by atoms with Crippen molar-refractivity contribution in [2.45, 2.75) is 17.4 Å². The summed E-state index contributed by atoms with van der Waals surface area (Å²) < 4.78 is 32.4. The third-order valence-corrected chi connectivity index (χ3v) is 6.31. The molecule has 0 aliphatic carbocycles. The van der Waals surface area contributed by atoms with Crippen LogP contribution in [-0.2, 0) is 16.4 Å². The quantitative estimate of drug-likeness (QED) is 0.773. The number of hydrogen-bond donors (Lipinski definition) is 1. The number of sulfonamides is 1. The molecule has 3 aromatic rings. The van der Waals surface area contributed by atoms with Gasteiger partial charge in [0.1, 0.15) is 10.4 Å². The standard InChI is InChI=1S/C16H15N3O4S/c20-10-14-12-5-2-1-4-11(12)8-9-19(14)24(21,22)15-7-3-6-13-16(15)18-23-17-13/h1-7,14,20H,8-10H2/t14-/m0/s1. The molecule has 1 atom stereocenters.